The van der Waals surface area contributed by atoms with E-state index in [-0.39, 0.29) is 11.9 Å². The second-order valence-corrected chi connectivity index (χ2v) is 5.35. The quantitative estimate of drug-likeness (QED) is 0.720. The van der Waals surface area contributed by atoms with Crippen molar-refractivity contribution >= 4 is 21.8 Å². The van der Waals surface area contributed by atoms with Crippen molar-refractivity contribution in [1.29, 1.82) is 0 Å². The average molecular weight is 329 g/mol. The molecule has 1 aromatic carbocycles. The van der Waals surface area contributed by atoms with Crippen molar-refractivity contribution in [1.82, 2.24) is 5.32 Å². The number of ether oxygens (including phenoxy) is 1. The van der Waals surface area contributed by atoms with Crippen LogP contribution in [0.25, 0.3) is 0 Å². The van der Waals surface area contributed by atoms with Crippen LogP contribution >= 0.6 is 15.9 Å². The van der Waals surface area contributed by atoms with Gasteiger partial charge in [-0.15, -0.1) is 0 Å². The molecule has 0 saturated carbocycles. The monoisotopic (exact) mass is 328 g/mol. The van der Waals surface area contributed by atoms with Gasteiger partial charge >= 0.3 is 0 Å². The first-order valence-corrected chi connectivity index (χ1v) is 7.28. The molecule has 0 fully saturated rings. The van der Waals surface area contributed by atoms with Gasteiger partial charge in [0.25, 0.3) is 0 Å². The van der Waals surface area contributed by atoms with Crippen LogP contribution in [0.2, 0.25) is 0 Å². The summed E-state index contributed by atoms with van der Waals surface area (Å²) in [5.41, 5.74) is 5.60. The molecule has 5 heteroatoms. The maximum Gasteiger partial charge on any atom is 0.220 e. The number of para-hydroxylation sites is 1. The molecule has 0 radical (unpaired) electrons. The van der Waals surface area contributed by atoms with Crippen molar-refractivity contribution in [2.75, 3.05) is 13.2 Å². The fraction of sp³-hybridized carbons (Fsp3) is 0.500. The summed E-state index contributed by atoms with van der Waals surface area (Å²) in [5.74, 6) is 0.858. The minimum Gasteiger partial charge on any atom is -0.492 e. The number of carbonyl (C=O) groups excluding carboxylic acids is 1. The van der Waals surface area contributed by atoms with E-state index in [9.17, 15) is 4.79 Å². The zero-order valence-corrected chi connectivity index (χ0v) is 12.8. The zero-order valence-electron chi connectivity index (χ0n) is 11.2. The van der Waals surface area contributed by atoms with E-state index in [1.807, 2.05) is 31.2 Å². The largest absolute Gasteiger partial charge is 0.492 e. The van der Waals surface area contributed by atoms with E-state index in [0.29, 0.717) is 26.0 Å². The number of hydrogen-bond donors (Lipinski definition) is 2. The average Bonchev–Trinajstić information content (AvgIpc) is 2.36. The van der Waals surface area contributed by atoms with Crippen LogP contribution in [-0.4, -0.2) is 25.1 Å². The van der Waals surface area contributed by atoms with Crippen LogP contribution in [-0.2, 0) is 4.79 Å². The lowest BCUT2D eigenvalue weighted by Gasteiger charge is -2.09. The molecule has 3 N–H and O–H groups in total. The van der Waals surface area contributed by atoms with Crippen LogP contribution in [0.15, 0.2) is 28.7 Å². The summed E-state index contributed by atoms with van der Waals surface area (Å²) in [4.78, 5) is 11.5. The third kappa shape index (κ3) is 7.18. The molecule has 1 atom stereocenters. The fourth-order valence-corrected chi connectivity index (χ4v) is 1.90. The van der Waals surface area contributed by atoms with Gasteiger partial charge in [0.2, 0.25) is 5.91 Å². The van der Waals surface area contributed by atoms with Gasteiger partial charge in [-0.2, -0.15) is 0 Å². The Kier molecular flexibility index (Phi) is 7.52. The Hall–Kier alpha value is -1.07. The van der Waals surface area contributed by atoms with Gasteiger partial charge in [-0.05, 0) is 47.8 Å². The highest BCUT2D eigenvalue weighted by Crippen LogP contribution is 2.23. The predicted molar refractivity (Wildman–Crippen MR) is 80.1 cm³/mol. The van der Waals surface area contributed by atoms with Gasteiger partial charge in [-0.1, -0.05) is 12.1 Å². The minimum atomic E-state index is 0.0522. The topological polar surface area (TPSA) is 64.3 Å². The zero-order chi connectivity index (χ0) is 14.1. The highest BCUT2D eigenvalue weighted by molar-refractivity contribution is 9.10. The number of nitrogens with two attached hydrogens (primary N) is 1. The third-order valence-electron chi connectivity index (χ3n) is 2.56. The van der Waals surface area contributed by atoms with E-state index >= 15 is 0 Å². The lowest BCUT2D eigenvalue weighted by molar-refractivity contribution is -0.121. The molecule has 1 unspecified atom stereocenters. The lowest BCUT2D eigenvalue weighted by Crippen LogP contribution is -2.28. The standard InChI is InChI=1S/C14H21BrN2O2/c1-11(16)8-9-17-14(18)7-4-10-19-13-6-3-2-5-12(13)15/h2-3,5-6,11H,4,7-10,16H2,1H3,(H,17,18). The molecule has 4 nitrogen and oxygen atoms in total. The van der Waals surface area contributed by atoms with Crippen molar-refractivity contribution in [2.45, 2.75) is 32.2 Å². The molecule has 0 heterocycles. The van der Waals surface area contributed by atoms with Gasteiger partial charge in [-0.25, -0.2) is 0 Å². The molecule has 0 aliphatic heterocycles. The molecule has 0 saturated heterocycles. The smallest absolute Gasteiger partial charge is 0.220 e. The second-order valence-electron chi connectivity index (χ2n) is 4.50. The normalized spacial score (nSPS) is 11.9. The number of amides is 1. The Bertz CT molecular complexity index is 397. The van der Waals surface area contributed by atoms with E-state index in [1.165, 1.54) is 0 Å². The number of carbonyl (C=O) groups is 1. The number of rotatable bonds is 8. The Labute approximate surface area is 122 Å². The Balaban J connectivity index is 2.10. The van der Waals surface area contributed by atoms with Crippen molar-refractivity contribution in [3.05, 3.63) is 28.7 Å². The van der Waals surface area contributed by atoms with Crippen molar-refractivity contribution in [2.24, 2.45) is 5.73 Å². The van der Waals surface area contributed by atoms with E-state index in [2.05, 4.69) is 21.2 Å². The number of nitrogens with one attached hydrogen (secondary N) is 1. The summed E-state index contributed by atoms with van der Waals surface area (Å²) in [6, 6.07) is 7.80. The number of halogens is 1. The molecule has 0 bridgehead atoms. The van der Waals surface area contributed by atoms with Crippen molar-refractivity contribution in [3.8, 4) is 5.75 Å². The highest BCUT2D eigenvalue weighted by Gasteiger charge is 2.03. The summed E-state index contributed by atoms with van der Waals surface area (Å²) < 4.78 is 6.51. The maximum absolute atomic E-state index is 11.5. The first kappa shape index (κ1) is 16.0. The van der Waals surface area contributed by atoms with Crippen LogP contribution in [0.4, 0.5) is 0 Å². The SMILES string of the molecule is CC(N)CCNC(=O)CCCOc1ccccc1Br. The fourth-order valence-electron chi connectivity index (χ4n) is 1.50. The van der Waals surface area contributed by atoms with Crippen molar-refractivity contribution < 1.29 is 9.53 Å². The molecule has 0 aromatic heterocycles. The Morgan fingerprint density at radius 2 is 2.21 bits per heavy atom. The van der Waals surface area contributed by atoms with Gasteiger partial charge in [-0.3, -0.25) is 4.79 Å². The first-order chi connectivity index (χ1) is 9.09. The molecular weight excluding hydrogens is 308 g/mol. The summed E-state index contributed by atoms with van der Waals surface area (Å²) in [7, 11) is 0. The summed E-state index contributed by atoms with van der Waals surface area (Å²) in [6.07, 6.45) is 1.98. The van der Waals surface area contributed by atoms with Crippen LogP contribution < -0.4 is 15.8 Å². The van der Waals surface area contributed by atoms with E-state index < -0.39 is 0 Å². The Morgan fingerprint density at radius 1 is 1.47 bits per heavy atom. The predicted octanol–water partition coefficient (Wildman–Crippen LogP) is 2.46. The molecular formula is C14H21BrN2O2. The van der Waals surface area contributed by atoms with E-state index in [4.69, 9.17) is 10.5 Å². The maximum atomic E-state index is 11.5. The molecule has 1 rings (SSSR count). The molecule has 19 heavy (non-hydrogen) atoms. The van der Waals surface area contributed by atoms with Crippen LogP contribution in [0.5, 0.6) is 5.75 Å². The van der Waals surface area contributed by atoms with Gasteiger partial charge in [0.15, 0.2) is 0 Å². The minimum absolute atomic E-state index is 0.0522. The Morgan fingerprint density at radius 3 is 2.89 bits per heavy atom. The summed E-state index contributed by atoms with van der Waals surface area (Å²) in [6.45, 7) is 3.10. The van der Waals surface area contributed by atoms with Gasteiger partial charge < -0.3 is 15.8 Å². The summed E-state index contributed by atoms with van der Waals surface area (Å²) in [5, 5.41) is 2.84. The molecule has 0 aliphatic rings. The summed E-state index contributed by atoms with van der Waals surface area (Å²) >= 11 is 3.41. The van der Waals surface area contributed by atoms with E-state index in [1.54, 1.807) is 0 Å². The van der Waals surface area contributed by atoms with Crippen LogP contribution in [0, 0.1) is 0 Å². The lowest BCUT2D eigenvalue weighted by atomic mass is 10.2. The second kappa shape index (κ2) is 8.93. The van der Waals surface area contributed by atoms with E-state index in [0.717, 1.165) is 16.6 Å². The van der Waals surface area contributed by atoms with Gasteiger partial charge in [0, 0.05) is 19.0 Å². The molecule has 1 aromatic rings. The van der Waals surface area contributed by atoms with Crippen LogP contribution in [0.3, 0.4) is 0 Å². The first-order valence-electron chi connectivity index (χ1n) is 6.49. The molecule has 106 valence electrons. The van der Waals surface area contributed by atoms with Gasteiger partial charge in [0.05, 0.1) is 11.1 Å². The molecule has 1 amide bonds. The van der Waals surface area contributed by atoms with Crippen molar-refractivity contribution in [3.63, 3.8) is 0 Å². The van der Waals surface area contributed by atoms with Crippen LogP contribution in [0.1, 0.15) is 26.2 Å². The number of benzene rings is 1. The molecule has 0 aliphatic carbocycles. The number of hydrogen-bond acceptors (Lipinski definition) is 3. The highest BCUT2D eigenvalue weighted by atomic mass is 79.9. The molecule has 0 spiro atoms. The third-order valence-corrected chi connectivity index (χ3v) is 3.22. The van der Waals surface area contributed by atoms with Gasteiger partial charge in [0.1, 0.15) is 5.75 Å².